The van der Waals surface area contributed by atoms with Crippen LogP contribution in [-0.2, 0) is 6.42 Å². The fourth-order valence-corrected chi connectivity index (χ4v) is 2.75. The van der Waals surface area contributed by atoms with Crippen LogP contribution in [0, 0.1) is 6.92 Å². The van der Waals surface area contributed by atoms with E-state index in [0.717, 1.165) is 0 Å². The van der Waals surface area contributed by atoms with Crippen molar-refractivity contribution in [3.63, 3.8) is 0 Å². The lowest BCUT2D eigenvalue weighted by Gasteiger charge is -2.18. The van der Waals surface area contributed by atoms with Crippen molar-refractivity contribution in [1.82, 2.24) is 4.57 Å². The molecular formula is C16H23NO. The number of nitrogens with zero attached hydrogens (tertiary/aromatic N) is 1. The van der Waals surface area contributed by atoms with E-state index in [2.05, 4.69) is 49.6 Å². The highest BCUT2D eigenvalue weighted by atomic mass is 16.3. The third-order valence-corrected chi connectivity index (χ3v) is 3.31. The Bertz CT molecular complexity index is 558. The molecule has 18 heavy (non-hydrogen) atoms. The molecule has 0 atom stereocenters. The topological polar surface area (TPSA) is 25.2 Å². The Balaban J connectivity index is 2.61. The normalized spacial score (nSPS) is 12.6. The quantitative estimate of drug-likeness (QED) is 0.873. The molecule has 0 fully saturated rings. The molecule has 2 nitrogen and oxygen atoms in total. The smallest absolute Gasteiger partial charge is 0.0632 e. The second kappa shape index (κ2) is 4.43. The van der Waals surface area contributed by atoms with Crippen LogP contribution < -0.4 is 0 Å². The molecule has 0 amide bonds. The summed E-state index contributed by atoms with van der Waals surface area (Å²) in [5, 5.41) is 11.3. The summed E-state index contributed by atoms with van der Waals surface area (Å²) in [7, 11) is 0. The van der Waals surface area contributed by atoms with Crippen molar-refractivity contribution in [3.8, 4) is 0 Å². The van der Waals surface area contributed by atoms with E-state index >= 15 is 0 Å². The van der Waals surface area contributed by atoms with Crippen LogP contribution in [0.4, 0.5) is 0 Å². The first-order valence-electron chi connectivity index (χ1n) is 6.61. The predicted molar refractivity (Wildman–Crippen MR) is 77.1 cm³/mol. The average molecular weight is 245 g/mol. The van der Waals surface area contributed by atoms with E-state index in [1.807, 2.05) is 13.8 Å². The summed E-state index contributed by atoms with van der Waals surface area (Å²) < 4.78 is 2.35. The van der Waals surface area contributed by atoms with E-state index in [1.54, 1.807) is 0 Å². The molecule has 1 N–H and O–H groups in total. The van der Waals surface area contributed by atoms with Crippen molar-refractivity contribution in [3.05, 3.63) is 35.5 Å². The third-order valence-electron chi connectivity index (χ3n) is 3.31. The van der Waals surface area contributed by atoms with Crippen LogP contribution in [0.3, 0.4) is 0 Å². The van der Waals surface area contributed by atoms with Gasteiger partial charge in [0.05, 0.1) is 5.60 Å². The summed E-state index contributed by atoms with van der Waals surface area (Å²) in [4.78, 5) is 0. The van der Waals surface area contributed by atoms with Gasteiger partial charge in [0, 0.05) is 29.1 Å². The Morgan fingerprint density at radius 3 is 2.50 bits per heavy atom. The van der Waals surface area contributed by atoms with Gasteiger partial charge in [0.2, 0.25) is 0 Å². The van der Waals surface area contributed by atoms with Gasteiger partial charge in [0.1, 0.15) is 0 Å². The molecule has 1 aromatic heterocycles. The number of fused-ring (bicyclic) bond motifs is 1. The average Bonchev–Trinajstić information content (AvgIpc) is 2.53. The van der Waals surface area contributed by atoms with Gasteiger partial charge in [-0.25, -0.2) is 0 Å². The van der Waals surface area contributed by atoms with Crippen molar-refractivity contribution in [2.75, 3.05) is 0 Å². The van der Waals surface area contributed by atoms with Gasteiger partial charge in [0.25, 0.3) is 0 Å². The van der Waals surface area contributed by atoms with Crippen LogP contribution in [0.15, 0.2) is 24.3 Å². The van der Waals surface area contributed by atoms with Gasteiger partial charge < -0.3 is 9.67 Å². The van der Waals surface area contributed by atoms with Crippen molar-refractivity contribution in [2.45, 2.75) is 52.7 Å². The number of hydrogen-bond donors (Lipinski definition) is 1. The van der Waals surface area contributed by atoms with Crippen LogP contribution in [0.1, 0.15) is 45.0 Å². The van der Waals surface area contributed by atoms with Gasteiger partial charge in [-0.3, -0.25) is 0 Å². The molecule has 2 aromatic rings. The Morgan fingerprint density at radius 1 is 1.28 bits per heavy atom. The molecule has 1 heterocycles. The van der Waals surface area contributed by atoms with Crippen LogP contribution in [0.25, 0.3) is 10.9 Å². The van der Waals surface area contributed by atoms with Gasteiger partial charge >= 0.3 is 0 Å². The largest absolute Gasteiger partial charge is 0.390 e. The molecule has 0 aliphatic heterocycles. The van der Waals surface area contributed by atoms with E-state index in [9.17, 15) is 5.11 Å². The van der Waals surface area contributed by atoms with Gasteiger partial charge in [-0.15, -0.1) is 0 Å². The summed E-state index contributed by atoms with van der Waals surface area (Å²) in [6, 6.07) is 9.05. The maximum Gasteiger partial charge on any atom is 0.0632 e. The van der Waals surface area contributed by atoms with Crippen molar-refractivity contribution in [1.29, 1.82) is 0 Å². The zero-order chi connectivity index (χ0) is 13.5. The van der Waals surface area contributed by atoms with E-state index in [4.69, 9.17) is 0 Å². The Labute approximate surface area is 109 Å². The molecule has 0 saturated heterocycles. The summed E-state index contributed by atoms with van der Waals surface area (Å²) in [6.07, 6.45) is 0.686. The second-order valence-electron chi connectivity index (χ2n) is 6.09. The second-order valence-corrected chi connectivity index (χ2v) is 6.09. The van der Waals surface area contributed by atoms with Crippen LogP contribution in [0.5, 0.6) is 0 Å². The van der Waals surface area contributed by atoms with Crippen LogP contribution >= 0.6 is 0 Å². The first kappa shape index (κ1) is 13.2. The summed E-state index contributed by atoms with van der Waals surface area (Å²) in [5.74, 6) is 0. The van der Waals surface area contributed by atoms with Crippen molar-refractivity contribution >= 4 is 10.9 Å². The molecule has 0 radical (unpaired) electrons. The van der Waals surface area contributed by atoms with Crippen LogP contribution in [0.2, 0.25) is 0 Å². The number of aromatic nitrogens is 1. The minimum Gasteiger partial charge on any atom is -0.390 e. The first-order chi connectivity index (χ1) is 8.29. The third kappa shape index (κ3) is 2.44. The highest BCUT2D eigenvalue weighted by Crippen LogP contribution is 2.28. The lowest BCUT2D eigenvalue weighted by atomic mass is 9.96. The number of benzene rings is 1. The van der Waals surface area contributed by atoms with Crippen LogP contribution in [-0.4, -0.2) is 15.3 Å². The molecule has 0 aliphatic carbocycles. The fourth-order valence-electron chi connectivity index (χ4n) is 2.75. The molecule has 0 bridgehead atoms. The summed E-state index contributed by atoms with van der Waals surface area (Å²) in [5.41, 5.74) is 3.11. The predicted octanol–water partition coefficient (Wildman–Crippen LogP) is 3.84. The molecule has 98 valence electrons. The molecule has 0 unspecified atom stereocenters. The van der Waals surface area contributed by atoms with Gasteiger partial charge in [0.15, 0.2) is 0 Å². The molecule has 0 saturated carbocycles. The van der Waals surface area contributed by atoms with Crippen molar-refractivity contribution < 1.29 is 5.11 Å². The van der Waals surface area contributed by atoms with E-state index in [1.165, 1.54) is 22.2 Å². The first-order valence-corrected chi connectivity index (χ1v) is 6.61. The van der Waals surface area contributed by atoms with E-state index in [0.29, 0.717) is 12.5 Å². The maximum atomic E-state index is 10.0. The highest BCUT2D eigenvalue weighted by molar-refractivity contribution is 5.85. The monoisotopic (exact) mass is 245 g/mol. The lowest BCUT2D eigenvalue weighted by Crippen LogP contribution is -2.21. The lowest BCUT2D eigenvalue weighted by molar-refractivity contribution is 0.0813. The Morgan fingerprint density at radius 2 is 1.94 bits per heavy atom. The molecule has 0 aliphatic rings. The maximum absolute atomic E-state index is 10.0. The summed E-state index contributed by atoms with van der Waals surface area (Å²) in [6.45, 7) is 10.3. The number of aryl methyl sites for hydroxylation is 1. The fraction of sp³-hybridized carbons (Fsp3) is 0.500. The SMILES string of the molecule is Cc1cc2c(CC(C)(C)O)cccc2n1C(C)C. The minimum atomic E-state index is -0.665. The van der Waals surface area contributed by atoms with E-state index in [-0.39, 0.29) is 0 Å². The molecule has 2 rings (SSSR count). The van der Waals surface area contributed by atoms with Gasteiger partial charge in [-0.1, -0.05) is 12.1 Å². The zero-order valence-corrected chi connectivity index (χ0v) is 12.0. The number of rotatable bonds is 3. The highest BCUT2D eigenvalue weighted by Gasteiger charge is 2.17. The minimum absolute atomic E-state index is 0.458. The van der Waals surface area contributed by atoms with E-state index < -0.39 is 5.60 Å². The van der Waals surface area contributed by atoms with Crippen molar-refractivity contribution in [2.24, 2.45) is 0 Å². The molecule has 0 spiro atoms. The molecule has 1 aromatic carbocycles. The summed E-state index contributed by atoms with van der Waals surface area (Å²) >= 11 is 0. The number of hydrogen-bond acceptors (Lipinski definition) is 1. The Hall–Kier alpha value is -1.28. The molecule has 2 heteroatoms. The standard InChI is InChI=1S/C16H23NO/c1-11(2)17-12(3)9-14-13(10-16(4,5)18)7-6-8-15(14)17/h6-9,11,18H,10H2,1-5H3. The van der Waals surface area contributed by atoms with Gasteiger partial charge in [-0.05, 0) is 52.3 Å². The number of aliphatic hydroxyl groups is 1. The van der Waals surface area contributed by atoms with Gasteiger partial charge in [-0.2, -0.15) is 0 Å². The Kier molecular flexibility index (Phi) is 3.24. The molecular weight excluding hydrogens is 222 g/mol. The zero-order valence-electron chi connectivity index (χ0n) is 12.0.